The number of nitrogens with zero attached hydrogens (tertiary/aromatic N) is 4. The molecule has 2 aromatic rings. The summed E-state index contributed by atoms with van der Waals surface area (Å²) >= 11 is 0. The van der Waals surface area contributed by atoms with Gasteiger partial charge in [-0.1, -0.05) is 31.5 Å². The van der Waals surface area contributed by atoms with E-state index in [2.05, 4.69) is 39.5 Å². The molecule has 1 saturated heterocycles. The highest BCUT2D eigenvalue weighted by atomic mass is 16.2. The molecule has 0 atom stereocenters. The average Bonchev–Trinajstić information content (AvgIpc) is 2.69. The summed E-state index contributed by atoms with van der Waals surface area (Å²) in [7, 11) is 0. The van der Waals surface area contributed by atoms with Crippen molar-refractivity contribution in [2.75, 3.05) is 42.9 Å². The number of aromatic nitrogens is 2. The van der Waals surface area contributed by atoms with Gasteiger partial charge in [0.15, 0.2) is 5.69 Å². The molecular weight excluding hydrogens is 314 g/mol. The quantitative estimate of drug-likeness (QED) is 0.820. The number of amides is 1. The molecule has 0 spiro atoms. The van der Waals surface area contributed by atoms with Crippen LogP contribution in [0.4, 0.5) is 11.5 Å². The summed E-state index contributed by atoms with van der Waals surface area (Å²) in [6, 6.07) is 13.9. The lowest BCUT2D eigenvalue weighted by molar-refractivity contribution is 0.0739. The zero-order valence-electron chi connectivity index (χ0n) is 14.7. The zero-order valence-corrected chi connectivity index (χ0v) is 14.7. The summed E-state index contributed by atoms with van der Waals surface area (Å²) in [6.45, 7) is 6.09. The molecule has 0 bridgehead atoms. The van der Waals surface area contributed by atoms with E-state index in [9.17, 15) is 4.79 Å². The Morgan fingerprint density at radius 2 is 1.80 bits per heavy atom. The fourth-order valence-corrected chi connectivity index (χ4v) is 2.90. The molecule has 1 amide bonds. The van der Waals surface area contributed by atoms with Crippen LogP contribution in [0.25, 0.3) is 0 Å². The van der Waals surface area contributed by atoms with E-state index in [1.807, 2.05) is 29.2 Å². The minimum absolute atomic E-state index is 0.0414. The fourth-order valence-electron chi connectivity index (χ4n) is 2.90. The normalized spacial score (nSPS) is 14.4. The fraction of sp³-hybridized carbons (Fsp3) is 0.421. The summed E-state index contributed by atoms with van der Waals surface area (Å²) in [4.78, 5) is 16.8. The molecule has 1 aromatic carbocycles. The van der Waals surface area contributed by atoms with Gasteiger partial charge in [0.25, 0.3) is 5.91 Å². The smallest absolute Gasteiger partial charge is 0.274 e. The number of anilines is 2. The molecule has 6 nitrogen and oxygen atoms in total. The van der Waals surface area contributed by atoms with Gasteiger partial charge in [0.1, 0.15) is 5.82 Å². The number of nitrogens with one attached hydrogen (secondary N) is 1. The van der Waals surface area contributed by atoms with Gasteiger partial charge in [-0.25, -0.2) is 0 Å². The monoisotopic (exact) mass is 339 g/mol. The minimum atomic E-state index is -0.0414. The van der Waals surface area contributed by atoms with Crippen molar-refractivity contribution >= 4 is 17.4 Å². The Morgan fingerprint density at radius 3 is 2.44 bits per heavy atom. The largest absolute Gasteiger partial charge is 0.369 e. The van der Waals surface area contributed by atoms with Crippen LogP contribution in [0.5, 0.6) is 0 Å². The number of para-hydroxylation sites is 1. The summed E-state index contributed by atoms with van der Waals surface area (Å²) in [5.74, 6) is 0.680. The lowest BCUT2D eigenvalue weighted by Gasteiger charge is -2.35. The van der Waals surface area contributed by atoms with E-state index in [1.165, 1.54) is 5.69 Å². The second-order valence-corrected chi connectivity index (χ2v) is 6.20. The standard InChI is InChI=1S/C19H25N5O/c1-2-3-11-20-18-10-9-17(21-22-18)19(25)24-14-12-23(13-15-24)16-7-5-4-6-8-16/h4-10H,2-3,11-15H2,1H3,(H,20,22). The molecule has 1 aromatic heterocycles. The van der Waals surface area contributed by atoms with Crippen LogP contribution < -0.4 is 10.2 Å². The molecule has 1 N–H and O–H groups in total. The lowest BCUT2D eigenvalue weighted by atomic mass is 10.2. The third kappa shape index (κ3) is 4.47. The number of carbonyl (C=O) groups excluding carboxylic acids is 1. The van der Waals surface area contributed by atoms with E-state index in [0.29, 0.717) is 18.8 Å². The van der Waals surface area contributed by atoms with Crippen molar-refractivity contribution in [3.63, 3.8) is 0 Å². The third-order valence-electron chi connectivity index (χ3n) is 4.41. The molecular formula is C19H25N5O. The van der Waals surface area contributed by atoms with Crippen molar-refractivity contribution in [3.05, 3.63) is 48.2 Å². The maximum atomic E-state index is 12.6. The van der Waals surface area contributed by atoms with Crippen LogP contribution in [0.15, 0.2) is 42.5 Å². The van der Waals surface area contributed by atoms with Crippen LogP contribution in [0, 0.1) is 0 Å². The van der Waals surface area contributed by atoms with Crippen LogP contribution >= 0.6 is 0 Å². The Hall–Kier alpha value is -2.63. The van der Waals surface area contributed by atoms with Crippen LogP contribution in [0.1, 0.15) is 30.3 Å². The molecule has 25 heavy (non-hydrogen) atoms. The molecule has 0 unspecified atom stereocenters. The molecule has 132 valence electrons. The summed E-state index contributed by atoms with van der Waals surface area (Å²) < 4.78 is 0. The Labute approximate surface area is 148 Å². The SMILES string of the molecule is CCCCNc1ccc(C(=O)N2CCN(c3ccccc3)CC2)nn1. The molecule has 2 heterocycles. The maximum Gasteiger partial charge on any atom is 0.274 e. The van der Waals surface area contributed by atoms with Crippen molar-refractivity contribution < 1.29 is 4.79 Å². The van der Waals surface area contributed by atoms with Gasteiger partial charge in [-0.3, -0.25) is 4.79 Å². The first-order valence-electron chi connectivity index (χ1n) is 8.95. The van der Waals surface area contributed by atoms with Crippen molar-refractivity contribution in [3.8, 4) is 0 Å². The van der Waals surface area contributed by atoms with Gasteiger partial charge in [0.2, 0.25) is 0 Å². The Morgan fingerprint density at radius 1 is 1.04 bits per heavy atom. The molecule has 0 radical (unpaired) electrons. The maximum absolute atomic E-state index is 12.6. The average molecular weight is 339 g/mol. The van der Waals surface area contributed by atoms with Gasteiger partial charge in [-0.05, 0) is 30.7 Å². The molecule has 1 aliphatic heterocycles. The van der Waals surface area contributed by atoms with E-state index in [1.54, 1.807) is 6.07 Å². The molecule has 1 aliphatic rings. The number of hydrogen-bond acceptors (Lipinski definition) is 5. The van der Waals surface area contributed by atoms with E-state index in [0.717, 1.165) is 38.3 Å². The van der Waals surface area contributed by atoms with Crippen molar-refractivity contribution in [1.29, 1.82) is 0 Å². The van der Waals surface area contributed by atoms with Crippen molar-refractivity contribution in [2.45, 2.75) is 19.8 Å². The van der Waals surface area contributed by atoms with Gasteiger partial charge in [-0.2, -0.15) is 0 Å². The van der Waals surface area contributed by atoms with Gasteiger partial charge in [-0.15, -0.1) is 10.2 Å². The molecule has 6 heteroatoms. The lowest BCUT2D eigenvalue weighted by Crippen LogP contribution is -2.49. The van der Waals surface area contributed by atoms with Crippen LogP contribution in [-0.2, 0) is 0 Å². The topological polar surface area (TPSA) is 61.4 Å². The van der Waals surface area contributed by atoms with Gasteiger partial charge < -0.3 is 15.1 Å². The number of benzene rings is 1. The van der Waals surface area contributed by atoms with Crippen LogP contribution in [0.2, 0.25) is 0 Å². The first-order chi connectivity index (χ1) is 12.3. The van der Waals surface area contributed by atoms with Gasteiger partial charge in [0, 0.05) is 38.4 Å². The van der Waals surface area contributed by atoms with Crippen LogP contribution in [-0.4, -0.2) is 53.7 Å². The van der Waals surface area contributed by atoms with E-state index >= 15 is 0 Å². The van der Waals surface area contributed by atoms with Gasteiger partial charge >= 0.3 is 0 Å². The first kappa shape index (κ1) is 17.2. The van der Waals surface area contributed by atoms with E-state index in [4.69, 9.17) is 0 Å². The highest BCUT2D eigenvalue weighted by Crippen LogP contribution is 2.16. The predicted octanol–water partition coefficient (Wildman–Crippen LogP) is 2.65. The number of carbonyl (C=O) groups is 1. The molecule has 0 aliphatic carbocycles. The number of piperazine rings is 1. The first-order valence-corrected chi connectivity index (χ1v) is 8.95. The van der Waals surface area contributed by atoms with Crippen molar-refractivity contribution in [2.24, 2.45) is 0 Å². The second-order valence-electron chi connectivity index (χ2n) is 6.20. The summed E-state index contributed by atoms with van der Waals surface area (Å²) in [6.07, 6.45) is 2.22. The highest BCUT2D eigenvalue weighted by molar-refractivity contribution is 5.92. The number of hydrogen-bond donors (Lipinski definition) is 1. The van der Waals surface area contributed by atoms with Crippen LogP contribution in [0.3, 0.4) is 0 Å². The molecule has 0 saturated carbocycles. The minimum Gasteiger partial charge on any atom is -0.369 e. The number of rotatable bonds is 6. The highest BCUT2D eigenvalue weighted by Gasteiger charge is 2.23. The molecule has 3 rings (SSSR count). The Balaban J connectivity index is 1.53. The van der Waals surface area contributed by atoms with Gasteiger partial charge in [0.05, 0.1) is 0 Å². The van der Waals surface area contributed by atoms with E-state index in [-0.39, 0.29) is 5.91 Å². The number of unbranched alkanes of at least 4 members (excludes halogenated alkanes) is 1. The Kier molecular flexibility index (Phi) is 5.82. The van der Waals surface area contributed by atoms with E-state index < -0.39 is 0 Å². The second kappa shape index (κ2) is 8.46. The third-order valence-corrected chi connectivity index (χ3v) is 4.41. The predicted molar refractivity (Wildman–Crippen MR) is 100.0 cm³/mol. The summed E-state index contributed by atoms with van der Waals surface area (Å²) in [5.41, 5.74) is 1.62. The molecule has 1 fully saturated rings. The zero-order chi connectivity index (χ0) is 17.5. The summed E-state index contributed by atoms with van der Waals surface area (Å²) in [5, 5.41) is 11.4. The Bertz CT molecular complexity index is 666. The van der Waals surface area contributed by atoms with Crippen molar-refractivity contribution in [1.82, 2.24) is 15.1 Å².